The van der Waals surface area contributed by atoms with E-state index < -0.39 is 0 Å². The van der Waals surface area contributed by atoms with Crippen molar-refractivity contribution in [3.8, 4) is 68.6 Å². The molecule has 0 saturated carbocycles. The van der Waals surface area contributed by atoms with Crippen LogP contribution in [0.5, 0.6) is 0 Å². The lowest BCUT2D eigenvalue weighted by Crippen LogP contribution is -2.06. The molecule has 5 aromatic heterocycles. The minimum atomic E-state index is 0.545. The Morgan fingerprint density at radius 2 is 0.827 bits per heavy atom. The van der Waals surface area contributed by atoms with E-state index >= 15 is 0 Å². The molecule has 0 unspecified atom stereocenters. The third kappa shape index (κ3) is 6.93. The van der Waals surface area contributed by atoms with Crippen molar-refractivity contribution in [1.29, 1.82) is 0 Å². The van der Waals surface area contributed by atoms with Gasteiger partial charge in [-0.25, -0.2) is 19.9 Å². The molecule has 5 heterocycles. The Hall–Kier alpha value is -10.1. The number of allylic oxidation sites excluding steroid dienone is 4. The van der Waals surface area contributed by atoms with Gasteiger partial charge in [0, 0.05) is 71.5 Å². The van der Waals surface area contributed by atoms with E-state index in [1.54, 1.807) is 0 Å². The van der Waals surface area contributed by atoms with Crippen LogP contribution in [-0.2, 0) is 0 Å². The SMILES string of the molecule is C1=CCCC(n2c3ccccc3c3cccc(-c4nc(-c5ccccc5)nc(-c5cccc(-n6c7ccccc7c7c6ccc6c8ccccc8n(-c8nc(-c9ccccc9)nc(-c9ccccc9)n8)c67)c5)n4)c32)=C1. The molecular weight excluding hydrogens is 919 g/mol. The van der Waals surface area contributed by atoms with Gasteiger partial charge in [-0.1, -0.05) is 188 Å². The first-order valence-corrected chi connectivity index (χ1v) is 25.4. The molecule has 9 aromatic carbocycles. The standard InChI is InChI=1S/C66H43N9/c1-5-21-42(22-6-1)61-67-64(70-65(69-61)53-35-20-34-50-48-31-13-16-36-54(48)74(59(50)53)46-28-11-4-12-29-46)45-27-19-30-47(41-45)73-56-38-18-15-33-52(56)58-57(73)40-39-51-49-32-14-17-37-55(49)75(60(51)58)66-71-62(43-23-7-2-8-24-43)68-63(72-66)44-25-9-3-10-26-44/h1-11,13-28,30-41H,12,29H2. The Balaban J connectivity index is 0.955. The fourth-order valence-electron chi connectivity index (χ4n) is 11.3. The van der Waals surface area contributed by atoms with Crippen LogP contribution in [0.2, 0.25) is 0 Å². The highest BCUT2D eigenvalue weighted by atomic mass is 15.2. The summed E-state index contributed by atoms with van der Waals surface area (Å²) in [6.07, 6.45) is 8.55. The van der Waals surface area contributed by atoms with Gasteiger partial charge in [-0.2, -0.15) is 9.97 Å². The summed E-state index contributed by atoms with van der Waals surface area (Å²) in [6, 6.07) is 76.0. The number of para-hydroxylation sites is 4. The van der Waals surface area contributed by atoms with Gasteiger partial charge >= 0.3 is 0 Å². The zero-order valence-corrected chi connectivity index (χ0v) is 40.5. The first-order chi connectivity index (χ1) is 37.2. The van der Waals surface area contributed by atoms with Gasteiger partial charge in [-0.15, -0.1) is 0 Å². The monoisotopic (exact) mass is 961 g/mol. The molecule has 1 aliphatic carbocycles. The van der Waals surface area contributed by atoms with E-state index in [2.05, 4.69) is 171 Å². The van der Waals surface area contributed by atoms with Crippen molar-refractivity contribution < 1.29 is 0 Å². The molecule has 0 spiro atoms. The smallest absolute Gasteiger partial charge is 0.238 e. The summed E-state index contributed by atoms with van der Waals surface area (Å²) in [4.78, 5) is 31.6. The van der Waals surface area contributed by atoms with E-state index in [-0.39, 0.29) is 0 Å². The maximum absolute atomic E-state index is 5.42. The molecule has 75 heavy (non-hydrogen) atoms. The van der Waals surface area contributed by atoms with Gasteiger partial charge in [0.25, 0.3) is 0 Å². The zero-order chi connectivity index (χ0) is 49.4. The molecule has 0 aliphatic heterocycles. The maximum Gasteiger partial charge on any atom is 0.238 e. The lowest BCUT2D eigenvalue weighted by atomic mass is 10.1. The summed E-state index contributed by atoms with van der Waals surface area (Å²) in [5.41, 5.74) is 13.2. The second-order valence-electron chi connectivity index (χ2n) is 19.0. The molecular formula is C66H43N9. The topological polar surface area (TPSA) is 92.1 Å². The van der Waals surface area contributed by atoms with Gasteiger partial charge in [0.2, 0.25) is 5.95 Å². The van der Waals surface area contributed by atoms with Crippen LogP contribution in [0.4, 0.5) is 0 Å². The Morgan fingerprint density at radius 1 is 0.333 bits per heavy atom. The lowest BCUT2D eigenvalue weighted by Gasteiger charge is -2.16. The van der Waals surface area contributed by atoms with Crippen molar-refractivity contribution in [3.05, 3.63) is 237 Å². The van der Waals surface area contributed by atoms with E-state index in [0.717, 1.165) is 106 Å². The van der Waals surface area contributed by atoms with Gasteiger partial charge in [0.05, 0.1) is 33.1 Å². The van der Waals surface area contributed by atoms with Crippen LogP contribution in [0.25, 0.3) is 140 Å². The third-order valence-electron chi connectivity index (χ3n) is 14.6. The molecule has 1 aliphatic rings. The molecule has 9 heteroatoms. The number of aromatic nitrogens is 9. The van der Waals surface area contributed by atoms with Gasteiger partial charge in [0.1, 0.15) is 0 Å². The number of benzene rings is 9. The van der Waals surface area contributed by atoms with Crippen molar-refractivity contribution in [2.75, 3.05) is 0 Å². The van der Waals surface area contributed by atoms with E-state index in [4.69, 9.17) is 29.9 Å². The second-order valence-corrected chi connectivity index (χ2v) is 19.0. The van der Waals surface area contributed by atoms with E-state index in [1.165, 1.54) is 11.1 Å². The van der Waals surface area contributed by atoms with Crippen LogP contribution in [-0.4, -0.2) is 43.6 Å². The normalized spacial score (nSPS) is 12.7. The Labute approximate surface area is 430 Å². The number of nitrogens with zero attached hydrogens (tertiary/aromatic N) is 9. The predicted octanol–water partition coefficient (Wildman–Crippen LogP) is 15.9. The fraction of sp³-hybridized carbons (Fsp3) is 0.0303. The highest BCUT2D eigenvalue weighted by Gasteiger charge is 2.25. The van der Waals surface area contributed by atoms with E-state index in [9.17, 15) is 0 Å². The minimum absolute atomic E-state index is 0.545. The van der Waals surface area contributed by atoms with Crippen LogP contribution >= 0.6 is 0 Å². The molecule has 0 radical (unpaired) electrons. The summed E-state index contributed by atoms with van der Waals surface area (Å²) >= 11 is 0. The maximum atomic E-state index is 5.42. The first-order valence-electron chi connectivity index (χ1n) is 25.4. The molecule has 0 N–H and O–H groups in total. The van der Waals surface area contributed by atoms with E-state index in [1.807, 2.05) is 78.9 Å². The molecule has 15 rings (SSSR count). The predicted molar refractivity (Wildman–Crippen MR) is 305 cm³/mol. The van der Waals surface area contributed by atoms with Crippen LogP contribution in [0, 0.1) is 0 Å². The van der Waals surface area contributed by atoms with Crippen molar-refractivity contribution in [1.82, 2.24) is 43.6 Å². The van der Waals surface area contributed by atoms with Gasteiger partial charge in [-0.05, 0) is 61.4 Å². The number of rotatable bonds is 8. The van der Waals surface area contributed by atoms with E-state index in [0.29, 0.717) is 35.1 Å². The summed E-state index contributed by atoms with van der Waals surface area (Å²) < 4.78 is 7.01. The summed E-state index contributed by atoms with van der Waals surface area (Å²) in [5.74, 6) is 3.56. The molecule has 9 nitrogen and oxygen atoms in total. The van der Waals surface area contributed by atoms with Gasteiger partial charge in [0.15, 0.2) is 29.1 Å². The summed E-state index contributed by atoms with van der Waals surface area (Å²) in [6.45, 7) is 0. The first kappa shape index (κ1) is 42.6. The lowest BCUT2D eigenvalue weighted by molar-refractivity contribution is 0.955. The van der Waals surface area contributed by atoms with Crippen molar-refractivity contribution in [2.24, 2.45) is 0 Å². The summed E-state index contributed by atoms with van der Waals surface area (Å²) in [7, 11) is 0. The van der Waals surface area contributed by atoms with Crippen molar-refractivity contribution in [3.63, 3.8) is 0 Å². The zero-order valence-electron chi connectivity index (χ0n) is 40.5. The number of fused-ring (bicyclic) bond motifs is 10. The highest BCUT2D eigenvalue weighted by Crippen LogP contribution is 2.43. The second kappa shape index (κ2) is 17.3. The molecule has 352 valence electrons. The van der Waals surface area contributed by atoms with Crippen LogP contribution in [0.3, 0.4) is 0 Å². The average Bonchev–Trinajstić information content (AvgIpc) is 4.15. The van der Waals surface area contributed by atoms with Crippen molar-refractivity contribution >= 4 is 71.1 Å². The number of hydrogen-bond acceptors (Lipinski definition) is 6. The van der Waals surface area contributed by atoms with Gasteiger partial charge < -0.3 is 9.13 Å². The minimum Gasteiger partial charge on any atom is -0.312 e. The van der Waals surface area contributed by atoms with Crippen LogP contribution < -0.4 is 0 Å². The Kier molecular flexibility index (Phi) is 9.81. The molecule has 0 fully saturated rings. The Morgan fingerprint density at radius 3 is 1.45 bits per heavy atom. The van der Waals surface area contributed by atoms with Gasteiger partial charge in [-0.3, -0.25) is 4.57 Å². The number of hydrogen-bond donors (Lipinski definition) is 0. The molecule has 0 saturated heterocycles. The van der Waals surface area contributed by atoms with Crippen LogP contribution in [0.1, 0.15) is 12.8 Å². The average molecular weight is 962 g/mol. The molecule has 0 atom stereocenters. The Bertz CT molecular complexity index is 4580. The fourth-order valence-corrected chi connectivity index (χ4v) is 11.3. The molecule has 0 amide bonds. The molecule has 0 bridgehead atoms. The van der Waals surface area contributed by atoms with Crippen molar-refractivity contribution in [2.45, 2.75) is 12.8 Å². The quantitative estimate of drug-likeness (QED) is 0.151. The largest absolute Gasteiger partial charge is 0.312 e. The molecule has 14 aromatic rings. The summed E-state index contributed by atoms with van der Waals surface area (Å²) in [5, 5.41) is 6.77. The highest BCUT2D eigenvalue weighted by molar-refractivity contribution is 6.26. The third-order valence-corrected chi connectivity index (χ3v) is 14.6. The van der Waals surface area contributed by atoms with Crippen LogP contribution in [0.15, 0.2) is 237 Å².